The number of amides is 2. The summed E-state index contributed by atoms with van der Waals surface area (Å²) < 4.78 is 45.3. The summed E-state index contributed by atoms with van der Waals surface area (Å²) in [6.45, 7) is 3.88. The van der Waals surface area contributed by atoms with E-state index in [1.54, 1.807) is 42.7 Å². The standard InChI is InChI=1S/C22H19F3N4O2/c1-21(2)13-29(20(30)27-16-8-10-26-11-9-16)19-18(31-21)7-6-17(28-19)14-4-3-5-15(12-14)22(23,24)25/h3-12H,13H2,1-2H3,(H,26,27,30). The van der Waals surface area contributed by atoms with Gasteiger partial charge in [0.25, 0.3) is 0 Å². The Hall–Kier alpha value is -3.62. The lowest BCUT2D eigenvalue weighted by atomic mass is 10.1. The molecule has 0 atom stereocenters. The zero-order chi connectivity index (χ0) is 22.2. The fourth-order valence-electron chi connectivity index (χ4n) is 3.30. The van der Waals surface area contributed by atoms with Crippen molar-refractivity contribution in [2.24, 2.45) is 0 Å². The number of nitrogens with one attached hydrogen (secondary N) is 1. The van der Waals surface area contributed by atoms with Gasteiger partial charge in [0.15, 0.2) is 11.6 Å². The van der Waals surface area contributed by atoms with Crippen LogP contribution in [-0.4, -0.2) is 28.1 Å². The van der Waals surface area contributed by atoms with E-state index < -0.39 is 23.4 Å². The molecule has 1 N–H and O–H groups in total. The predicted octanol–water partition coefficient (Wildman–Crippen LogP) is 5.37. The average Bonchev–Trinajstić information content (AvgIpc) is 2.72. The number of ether oxygens (including phenoxy) is 1. The van der Waals surface area contributed by atoms with Gasteiger partial charge in [0.1, 0.15) is 5.60 Å². The Bertz CT molecular complexity index is 1120. The molecule has 0 aliphatic carbocycles. The SMILES string of the molecule is CC1(C)CN(C(=O)Nc2ccncc2)c2nc(-c3cccc(C(F)(F)F)c3)ccc2O1. The van der Waals surface area contributed by atoms with Crippen LogP contribution in [0.5, 0.6) is 5.75 Å². The van der Waals surface area contributed by atoms with E-state index in [0.29, 0.717) is 17.1 Å². The van der Waals surface area contributed by atoms with Gasteiger partial charge in [-0.15, -0.1) is 0 Å². The van der Waals surface area contributed by atoms with Crippen LogP contribution >= 0.6 is 0 Å². The van der Waals surface area contributed by atoms with E-state index in [2.05, 4.69) is 15.3 Å². The monoisotopic (exact) mass is 428 g/mol. The smallest absolute Gasteiger partial charge is 0.416 e. The van der Waals surface area contributed by atoms with Gasteiger partial charge in [0.05, 0.1) is 17.8 Å². The second-order valence-corrected chi connectivity index (χ2v) is 7.71. The predicted molar refractivity (Wildman–Crippen MR) is 110 cm³/mol. The molecule has 3 aromatic rings. The number of halogens is 3. The molecule has 9 heteroatoms. The van der Waals surface area contributed by atoms with Gasteiger partial charge < -0.3 is 10.1 Å². The number of hydrogen-bond acceptors (Lipinski definition) is 4. The first-order valence-electron chi connectivity index (χ1n) is 9.49. The topological polar surface area (TPSA) is 67.4 Å². The minimum atomic E-state index is -4.46. The van der Waals surface area contributed by atoms with E-state index in [-0.39, 0.29) is 17.9 Å². The number of urea groups is 1. The number of hydrogen-bond donors (Lipinski definition) is 1. The zero-order valence-electron chi connectivity index (χ0n) is 16.8. The third-order valence-corrected chi connectivity index (χ3v) is 4.68. The van der Waals surface area contributed by atoms with Crippen molar-refractivity contribution in [1.82, 2.24) is 9.97 Å². The lowest BCUT2D eigenvalue weighted by Crippen LogP contribution is -2.51. The van der Waals surface area contributed by atoms with Gasteiger partial charge in [-0.05, 0) is 50.2 Å². The highest BCUT2D eigenvalue weighted by Crippen LogP contribution is 2.38. The number of rotatable bonds is 2. The molecule has 31 heavy (non-hydrogen) atoms. The molecule has 0 radical (unpaired) electrons. The molecule has 1 aliphatic rings. The number of alkyl halides is 3. The van der Waals surface area contributed by atoms with Crippen molar-refractivity contribution in [2.45, 2.75) is 25.6 Å². The van der Waals surface area contributed by atoms with Crippen molar-refractivity contribution in [1.29, 1.82) is 0 Å². The van der Waals surface area contributed by atoms with Crippen molar-refractivity contribution in [3.05, 3.63) is 66.5 Å². The van der Waals surface area contributed by atoms with Crippen molar-refractivity contribution < 1.29 is 22.7 Å². The van der Waals surface area contributed by atoms with Crippen molar-refractivity contribution >= 4 is 17.5 Å². The molecule has 1 aromatic carbocycles. The Kier molecular flexibility index (Phi) is 5.04. The highest BCUT2D eigenvalue weighted by atomic mass is 19.4. The lowest BCUT2D eigenvalue weighted by molar-refractivity contribution is -0.137. The van der Waals surface area contributed by atoms with Crippen LogP contribution in [0.3, 0.4) is 0 Å². The van der Waals surface area contributed by atoms with Crippen LogP contribution < -0.4 is 15.0 Å². The molecule has 6 nitrogen and oxygen atoms in total. The first-order valence-corrected chi connectivity index (χ1v) is 9.49. The normalized spacial score (nSPS) is 15.1. The number of fused-ring (bicyclic) bond motifs is 1. The maximum absolute atomic E-state index is 13.1. The van der Waals surface area contributed by atoms with Crippen molar-refractivity contribution in [3.63, 3.8) is 0 Å². The number of pyridine rings is 2. The molecule has 1 aliphatic heterocycles. The molecule has 2 aromatic heterocycles. The number of aromatic nitrogens is 2. The molecule has 160 valence electrons. The molecular weight excluding hydrogens is 409 g/mol. The van der Waals surface area contributed by atoms with E-state index in [4.69, 9.17) is 4.74 Å². The summed E-state index contributed by atoms with van der Waals surface area (Å²) >= 11 is 0. The largest absolute Gasteiger partial charge is 0.482 e. The summed E-state index contributed by atoms with van der Waals surface area (Å²) in [6, 6.07) is 11.0. The molecule has 0 fully saturated rings. The van der Waals surface area contributed by atoms with E-state index in [9.17, 15) is 18.0 Å². The Morgan fingerprint density at radius 3 is 2.58 bits per heavy atom. The Morgan fingerprint density at radius 2 is 1.87 bits per heavy atom. The number of anilines is 2. The second kappa shape index (κ2) is 7.57. The molecule has 0 saturated heterocycles. The van der Waals surface area contributed by atoms with Crippen molar-refractivity contribution in [3.8, 4) is 17.0 Å². The summed E-state index contributed by atoms with van der Waals surface area (Å²) in [5.74, 6) is 0.609. The fraction of sp³-hybridized carbons (Fsp3) is 0.227. The van der Waals surface area contributed by atoms with Gasteiger partial charge in [-0.1, -0.05) is 12.1 Å². The van der Waals surface area contributed by atoms with Gasteiger partial charge in [-0.3, -0.25) is 9.88 Å². The van der Waals surface area contributed by atoms with Crippen LogP contribution in [0.15, 0.2) is 60.9 Å². The molecule has 0 bridgehead atoms. The zero-order valence-corrected chi connectivity index (χ0v) is 16.8. The molecular formula is C22H19F3N4O2. The molecule has 0 unspecified atom stereocenters. The first-order chi connectivity index (χ1) is 14.6. The molecule has 0 saturated carbocycles. The highest BCUT2D eigenvalue weighted by molar-refractivity contribution is 6.02. The van der Waals surface area contributed by atoms with Crippen LogP contribution in [-0.2, 0) is 6.18 Å². The minimum absolute atomic E-state index is 0.204. The third-order valence-electron chi connectivity index (χ3n) is 4.68. The van der Waals surface area contributed by atoms with Gasteiger partial charge in [0.2, 0.25) is 0 Å². The van der Waals surface area contributed by atoms with Gasteiger partial charge in [-0.25, -0.2) is 9.78 Å². The summed E-state index contributed by atoms with van der Waals surface area (Å²) in [4.78, 5) is 22.8. The Labute approximate surface area is 176 Å². The van der Waals surface area contributed by atoms with Crippen LogP contribution in [0, 0.1) is 0 Å². The first kappa shape index (κ1) is 20.6. The Morgan fingerprint density at radius 1 is 1.13 bits per heavy atom. The summed E-state index contributed by atoms with van der Waals surface area (Å²) in [5.41, 5.74) is -0.303. The average molecular weight is 428 g/mol. The Balaban J connectivity index is 1.72. The molecule has 3 heterocycles. The van der Waals surface area contributed by atoms with Gasteiger partial charge in [-0.2, -0.15) is 13.2 Å². The van der Waals surface area contributed by atoms with Gasteiger partial charge >= 0.3 is 12.2 Å². The molecule has 2 amide bonds. The van der Waals surface area contributed by atoms with Gasteiger partial charge in [0, 0.05) is 23.6 Å². The summed E-state index contributed by atoms with van der Waals surface area (Å²) in [5, 5.41) is 2.78. The van der Waals surface area contributed by atoms with E-state index in [1.807, 2.05) is 13.8 Å². The lowest BCUT2D eigenvalue weighted by Gasteiger charge is -2.38. The highest BCUT2D eigenvalue weighted by Gasteiger charge is 2.36. The van der Waals surface area contributed by atoms with Crippen LogP contribution in [0.25, 0.3) is 11.3 Å². The fourth-order valence-corrected chi connectivity index (χ4v) is 3.30. The number of benzene rings is 1. The van der Waals surface area contributed by atoms with E-state index >= 15 is 0 Å². The van der Waals surface area contributed by atoms with Crippen molar-refractivity contribution in [2.75, 3.05) is 16.8 Å². The maximum Gasteiger partial charge on any atom is 0.416 e. The molecule has 4 rings (SSSR count). The number of carbonyl (C=O) groups excluding carboxylic acids is 1. The maximum atomic E-state index is 13.1. The molecule has 0 spiro atoms. The van der Waals surface area contributed by atoms with E-state index in [0.717, 1.165) is 12.1 Å². The minimum Gasteiger partial charge on any atom is -0.482 e. The van der Waals surface area contributed by atoms with Crippen LogP contribution in [0.4, 0.5) is 29.5 Å². The quantitative estimate of drug-likeness (QED) is 0.596. The number of nitrogens with zero attached hydrogens (tertiary/aromatic N) is 3. The third kappa shape index (κ3) is 4.45. The summed E-state index contributed by atoms with van der Waals surface area (Å²) in [6.07, 6.45) is -1.36. The second-order valence-electron chi connectivity index (χ2n) is 7.71. The summed E-state index contributed by atoms with van der Waals surface area (Å²) in [7, 11) is 0. The van der Waals surface area contributed by atoms with E-state index in [1.165, 1.54) is 11.0 Å². The van der Waals surface area contributed by atoms with Crippen LogP contribution in [0.1, 0.15) is 19.4 Å². The van der Waals surface area contributed by atoms with Crippen LogP contribution in [0.2, 0.25) is 0 Å². The number of carbonyl (C=O) groups is 1.